The van der Waals surface area contributed by atoms with Gasteiger partial charge in [-0.3, -0.25) is 4.68 Å². The Kier molecular flexibility index (Phi) is 4.66. The van der Waals surface area contributed by atoms with Crippen LogP contribution in [-0.4, -0.2) is 16.4 Å². The number of hydrogen-bond acceptors (Lipinski definition) is 3. The molecule has 2 aromatic rings. The lowest BCUT2D eigenvalue weighted by atomic mass is 10.1. The summed E-state index contributed by atoms with van der Waals surface area (Å²) in [6.45, 7) is 7.90. The second kappa shape index (κ2) is 6.46. The molecule has 0 aliphatic carbocycles. The van der Waals surface area contributed by atoms with E-state index < -0.39 is 0 Å². The minimum atomic E-state index is 0.630. The first kappa shape index (κ1) is 14.4. The van der Waals surface area contributed by atoms with Crippen molar-refractivity contribution in [2.24, 2.45) is 5.92 Å². The SMILES string of the molecule is CCOc1ccccc1-c1nn(CCC(C)C)cc1N. The summed E-state index contributed by atoms with van der Waals surface area (Å²) in [4.78, 5) is 0. The van der Waals surface area contributed by atoms with Gasteiger partial charge in [0.05, 0.1) is 12.3 Å². The Morgan fingerprint density at radius 1 is 1.30 bits per heavy atom. The Hall–Kier alpha value is -1.97. The van der Waals surface area contributed by atoms with E-state index in [1.807, 2.05) is 42.1 Å². The summed E-state index contributed by atoms with van der Waals surface area (Å²) in [6, 6.07) is 7.88. The fourth-order valence-corrected chi connectivity index (χ4v) is 2.09. The lowest BCUT2D eigenvalue weighted by Gasteiger charge is -2.08. The molecule has 1 aromatic heterocycles. The molecule has 0 aliphatic heterocycles. The standard InChI is InChI=1S/C16H23N3O/c1-4-20-15-8-6-5-7-13(15)16-14(17)11-19(18-16)10-9-12(2)3/h5-8,11-12H,4,9-10,17H2,1-3H3. The second-order valence-electron chi connectivity index (χ2n) is 5.31. The van der Waals surface area contributed by atoms with Gasteiger partial charge < -0.3 is 10.5 Å². The smallest absolute Gasteiger partial charge is 0.128 e. The monoisotopic (exact) mass is 273 g/mol. The van der Waals surface area contributed by atoms with Gasteiger partial charge in [-0.25, -0.2) is 0 Å². The van der Waals surface area contributed by atoms with E-state index in [1.165, 1.54) is 0 Å². The fourth-order valence-electron chi connectivity index (χ4n) is 2.09. The highest BCUT2D eigenvalue weighted by Gasteiger charge is 2.13. The summed E-state index contributed by atoms with van der Waals surface area (Å²) in [6.07, 6.45) is 2.99. The first-order valence-electron chi connectivity index (χ1n) is 7.17. The van der Waals surface area contributed by atoms with Crippen LogP contribution < -0.4 is 10.5 Å². The molecular weight excluding hydrogens is 250 g/mol. The maximum Gasteiger partial charge on any atom is 0.128 e. The van der Waals surface area contributed by atoms with E-state index >= 15 is 0 Å². The van der Waals surface area contributed by atoms with Crippen molar-refractivity contribution in [3.8, 4) is 17.0 Å². The third-order valence-electron chi connectivity index (χ3n) is 3.17. The molecule has 2 rings (SSSR count). The highest BCUT2D eigenvalue weighted by molar-refractivity contribution is 5.76. The molecule has 0 fully saturated rings. The van der Waals surface area contributed by atoms with Gasteiger partial charge in [0, 0.05) is 18.3 Å². The molecule has 0 amide bonds. The average molecular weight is 273 g/mol. The molecule has 4 nitrogen and oxygen atoms in total. The number of nitrogen functional groups attached to an aromatic ring is 1. The lowest BCUT2D eigenvalue weighted by Crippen LogP contribution is -2.02. The van der Waals surface area contributed by atoms with Gasteiger partial charge >= 0.3 is 0 Å². The maximum atomic E-state index is 6.11. The van der Waals surface area contributed by atoms with Crippen LogP contribution in [-0.2, 0) is 6.54 Å². The molecule has 2 N–H and O–H groups in total. The van der Waals surface area contributed by atoms with Gasteiger partial charge in [0.25, 0.3) is 0 Å². The predicted octanol–water partition coefficient (Wildman–Crippen LogP) is 3.58. The highest BCUT2D eigenvalue weighted by atomic mass is 16.5. The van der Waals surface area contributed by atoms with Crippen molar-refractivity contribution in [3.63, 3.8) is 0 Å². The number of hydrogen-bond donors (Lipinski definition) is 1. The van der Waals surface area contributed by atoms with Crippen LogP contribution in [0.15, 0.2) is 30.5 Å². The van der Waals surface area contributed by atoms with Crippen molar-refractivity contribution in [1.82, 2.24) is 9.78 Å². The summed E-state index contributed by atoms with van der Waals surface area (Å²) in [7, 11) is 0. The molecule has 1 heterocycles. The van der Waals surface area contributed by atoms with E-state index in [4.69, 9.17) is 10.5 Å². The molecule has 0 radical (unpaired) electrons. The van der Waals surface area contributed by atoms with Crippen molar-refractivity contribution in [2.75, 3.05) is 12.3 Å². The number of aryl methyl sites for hydroxylation is 1. The molecule has 1 aromatic carbocycles. The van der Waals surface area contributed by atoms with Crippen LogP contribution in [0, 0.1) is 5.92 Å². The normalized spacial score (nSPS) is 11.0. The zero-order valence-electron chi connectivity index (χ0n) is 12.5. The van der Waals surface area contributed by atoms with E-state index in [2.05, 4.69) is 18.9 Å². The number of anilines is 1. The van der Waals surface area contributed by atoms with Crippen LogP contribution in [0.4, 0.5) is 5.69 Å². The van der Waals surface area contributed by atoms with E-state index in [0.717, 1.165) is 30.0 Å². The average Bonchev–Trinajstić information content (AvgIpc) is 2.79. The second-order valence-corrected chi connectivity index (χ2v) is 5.31. The molecule has 4 heteroatoms. The zero-order chi connectivity index (χ0) is 14.5. The van der Waals surface area contributed by atoms with E-state index in [-0.39, 0.29) is 0 Å². The van der Waals surface area contributed by atoms with E-state index in [1.54, 1.807) is 0 Å². The molecule has 20 heavy (non-hydrogen) atoms. The number of ether oxygens (including phenoxy) is 1. The summed E-state index contributed by atoms with van der Waals surface area (Å²) < 4.78 is 7.57. The van der Waals surface area contributed by atoms with Gasteiger partial charge in [0.1, 0.15) is 11.4 Å². The van der Waals surface area contributed by atoms with Crippen molar-refractivity contribution >= 4 is 5.69 Å². The largest absolute Gasteiger partial charge is 0.493 e. The summed E-state index contributed by atoms with van der Waals surface area (Å²) >= 11 is 0. The van der Waals surface area contributed by atoms with Crippen LogP contribution in [0.25, 0.3) is 11.3 Å². The fraction of sp³-hybridized carbons (Fsp3) is 0.438. The molecule has 108 valence electrons. The van der Waals surface area contributed by atoms with Crippen molar-refractivity contribution in [3.05, 3.63) is 30.5 Å². The first-order valence-corrected chi connectivity index (χ1v) is 7.17. The molecule has 0 unspecified atom stereocenters. The molecule has 0 spiro atoms. The van der Waals surface area contributed by atoms with Gasteiger partial charge in [-0.15, -0.1) is 0 Å². The van der Waals surface area contributed by atoms with Gasteiger partial charge in [-0.05, 0) is 31.4 Å². The van der Waals surface area contributed by atoms with Crippen LogP contribution in [0.5, 0.6) is 5.75 Å². The van der Waals surface area contributed by atoms with Crippen molar-refractivity contribution < 1.29 is 4.74 Å². The topological polar surface area (TPSA) is 53.1 Å². The van der Waals surface area contributed by atoms with Gasteiger partial charge in [-0.2, -0.15) is 5.10 Å². The Labute approximate surface area is 120 Å². The third-order valence-corrected chi connectivity index (χ3v) is 3.17. The number of benzene rings is 1. The van der Waals surface area contributed by atoms with Crippen LogP contribution in [0.2, 0.25) is 0 Å². The lowest BCUT2D eigenvalue weighted by molar-refractivity contribution is 0.341. The number of aromatic nitrogens is 2. The molecule has 0 bridgehead atoms. The van der Waals surface area contributed by atoms with E-state index in [9.17, 15) is 0 Å². The minimum absolute atomic E-state index is 0.630. The maximum absolute atomic E-state index is 6.11. The highest BCUT2D eigenvalue weighted by Crippen LogP contribution is 2.32. The van der Waals surface area contributed by atoms with Crippen LogP contribution in [0.3, 0.4) is 0 Å². The Bertz CT molecular complexity index is 561. The first-order chi connectivity index (χ1) is 9.61. The van der Waals surface area contributed by atoms with E-state index in [0.29, 0.717) is 18.2 Å². The van der Waals surface area contributed by atoms with Crippen LogP contribution in [0.1, 0.15) is 27.2 Å². The molecule has 0 aliphatic rings. The number of rotatable bonds is 6. The molecule has 0 saturated heterocycles. The van der Waals surface area contributed by atoms with Crippen LogP contribution >= 0.6 is 0 Å². The number of nitrogens with two attached hydrogens (primary N) is 1. The number of para-hydroxylation sites is 1. The predicted molar refractivity (Wildman–Crippen MR) is 82.7 cm³/mol. The van der Waals surface area contributed by atoms with Gasteiger partial charge in [0.2, 0.25) is 0 Å². The Morgan fingerprint density at radius 3 is 2.75 bits per heavy atom. The molecule has 0 saturated carbocycles. The Balaban J connectivity index is 2.28. The summed E-state index contributed by atoms with van der Waals surface area (Å²) in [5.74, 6) is 1.48. The van der Waals surface area contributed by atoms with Crippen molar-refractivity contribution in [2.45, 2.75) is 33.7 Å². The summed E-state index contributed by atoms with van der Waals surface area (Å²) in [5.41, 5.74) is 8.56. The third kappa shape index (κ3) is 3.32. The number of nitrogens with zero attached hydrogens (tertiary/aromatic N) is 2. The molecular formula is C16H23N3O. The zero-order valence-corrected chi connectivity index (χ0v) is 12.5. The molecule has 0 atom stereocenters. The quantitative estimate of drug-likeness (QED) is 0.875. The Morgan fingerprint density at radius 2 is 2.05 bits per heavy atom. The van der Waals surface area contributed by atoms with Gasteiger partial charge in [-0.1, -0.05) is 26.0 Å². The van der Waals surface area contributed by atoms with Gasteiger partial charge in [0.15, 0.2) is 0 Å². The minimum Gasteiger partial charge on any atom is -0.493 e. The van der Waals surface area contributed by atoms with Crippen molar-refractivity contribution in [1.29, 1.82) is 0 Å². The summed E-state index contributed by atoms with van der Waals surface area (Å²) in [5, 5.41) is 4.61.